The minimum Gasteiger partial charge on any atom is -0.325 e. The molecule has 2 rings (SSSR count). The number of nitrogens with zero attached hydrogens (tertiary/aromatic N) is 1. The second-order valence-electron chi connectivity index (χ2n) is 4.82. The summed E-state index contributed by atoms with van der Waals surface area (Å²) in [5.41, 5.74) is 7.52. The predicted octanol–water partition coefficient (Wildman–Crippen LogP) is 1.86. The lowest BCUT2D eigenvalue weighted by atomic mass is 9.75. The molecule has 1 saturated carbocycles. The van der Waals surface area contributed by atoms with E-state index in [0.29, 0.717) is 0 Å². The van der Waals surface area contributed by atoms with Crippen LogP contribution in [0.15, 0.2) is 5.38 Å². The van der Waals surface area contributed by atoms with Crippen LogP contribution in [0.5, 0.6) is 0 Å². The van der Waals surface area contributed by atoms with E-state index in [1.807, 2.05) is 0 Å². The Labute approximate surface area is 101 Å². The first-order chi connectivity index (χ1) is 7.68. The van der Waals surface area contributed by atoms with Crippen LogP contribution < -0.4 is 11.1 Å². The molecule has 1 aliphatic rings. The fourth-order valence-electron chi connectivity index (χ4n) is 2.08. The third kappa shape index (κ3) is 3.27. The van der Waals surface area contributed by atoms with E-state index < -0.39 is 0 Å². The molecule has 0 atom stereocenters. The number of rotatable bonds is 6. The quantitative estimate of drug-likeness (QED) is 0.745. The molecule has 0 aliphatic heterocycles. The second kappa shape index (κ2) is 5.25. The van der Waals surface area contributed by atoms with E-state index in [0.717, 1.165) is 30.9 Å². The normalized spacial score (nSPS) is 18.4. The van der Waals surface area contributed by atoms with Crippen molar-refractivity contribution in [3.8, 4) is 0 Å². The van der Waals surface area contributed by atoms with Crippen LogP contribution in [0.3, 0.4) is 0 Å². The number of aromatic nitrogens is 1. The molecule has 0 aromatic carbocycles. The number of nitrogens with one attached hydrogen (secondary N) is 1. The Balaban J connectivity index is 1.55. The predicted molar refractivity (Wildman–Crippen MR) is 68.8 cm³/mol. The summed E-state index contributed by atoms with van der Waals surface area (Å²) in [7, 11) is 0. The molecule has 1 heterocycles. The lowest BCUT2D eigenvalue weighted by molar-refractivity contribution is 0.230. The van der Waals surface area contributed by atoms with Crippen molar-refractivity contribution in [3.63, 3.8) is 0 Å². The molecule has 0 bridgehead atoms. The van der Waals surface area contributed by atoms with Crippen molar-refractivity contribution in [1.82, 2.24) is 10.3 Å². The Morgan fingerprint density at radius 1 is 1.50 bits per heavy atom. The molecule has 1 aliphatic carbocycles. The first-order valence-electron chi connectivity index (χ1n) is 6.09. The topological polar surface area (TPSA) is 50.9 Å². The van der Waals surface area contributed by atoms with E-state index in [2.05, 4.69) is 22.6 Å². The summed E-state index contributed by atoms with van der Waals surface area (Å²) in [6, 6.07) is 0. The average Bonchev–Trinajstić information content (AvgIpc) is 2.61. The highest BCUT2D eigenvalue weighted by atomic mass is 32.1. The molecule has 1 fully saturated rings. The summed E-state index contributed by atoms with van der Waals surface area (Å²) in [6.07, 6.45) is 5.87. The van der Waals surface area contributed by atoms with Crippen LogP contribution in [0.4, 0.5) is 0 Å². The number of thiazole rings is 1. The summed E-state index contributed by atoms with van der Waals surface area (Å²) in [5, 5.41) is 6.76. The maximum absolute atomic E-state index is 6.15. The lowest BCUT2D eigenvalue weighted by Gasteiger charge is -2.38. The van der Waals surface area contributed by atoms with Gasteiger partial charge in [0.1, 0.15) is 0 Å². The minimum atomic E-state index is 0.157. The molecule has 16 heavy (non-hydrogen) atoms. The Hall–Kier alpha value is -0.450. The molecule has 3 N–H and O–H groups in total. The minimum absolute atomic E-state index is 0.157. The van der Waals surface area contributed by atoms with Gasteiger partial charge in [0.2, 0.25) is 0 Å². The van der Waals surface area contributed by atoms with Gasteiger partial charge in [0.25, 0.3) is 0 Å². The molecule has 0 unspecified atom stereocenters. The standard InChI is InChI=1S/C12H21N3S/c1-10-15-11(9-16-10)3-7-14-8-6-12(13)4-2-5-12/h9,14H,2-8,13H2,1H3. The first-order valence-corrected chi connectivity index (χ1v) is 6.97. The highest BCUT2D eigenvalue weighted by molar-refractivity contribution is 7.09. The maximum atomic E-state index is 6.15. The van der Waals surface area contributed by atoms with E-state index in [-0.39, 0.29) is 5.54 Å². The summed E-state index contributed by atoms with van der Waals surface area (Å²) < 4.78 is 0. The van der Waals surface area contributed by atoms with E-state index in [1.54, 1.807) is 11.3 Å². The number of hydrogen-bond acceptors (Lipinski definition) is 4. The molecule has 3 nitrogen and oxygen atoms in total. The van der Waals surface area contributed by atoms with Gasteiger partial charge in [-0.1, -0.05) is 0 Å². The van der Waals surface area contributed by atoms with Crippen LogP contribution >= 0.6 is 11.3 Å². The fourth-order valence-corrected chi connectivity index (χ4v) is 2.73. The Morgan fingerprint density at radius 3 is 2.88 bits per heavy atom. The average molecular weight is 239 g/mol. The van der Waals surface area contributed by atoms with Gasteiger partial charge in [-0.05, 0) is 39.2 Å². The van der Waals surface area contributed by atoms with Crippen molar-refractivity contribution in [2.75, 3.05) is 13.1 Å². The Bertz CT molecular complexity index is 331. The molecule has 4 heteroatoms. The van der Waals surface area contributed by atoms with Crippen LogP contribution in [0, 0.1) is 6.92 Å². The summed E-state index contributed by atoms with van der Waals surface area (Å²) >= 11 is 1.73. The smallest absolute Gasteiger partial charge is 0.0897 e. The molecular formula is C12H21N3S. The van der Waals surface area contributed by atoms with Gasteiger partial charge in [-0.25, -0.2) is 4.98 Å². The SMILES string of the molecule is Cc1nc(CCNCCC2(N)CCC2)cs1. The molecule has 0 saturated heterocycles. The zero-order chi connectivity index (χ0) is 11.4. The Morgan fingerprint density at radius 2 is 2.31 bits per heavy atom. The van der Waals surface area contributed by atoms with Crippen molar-refractivity contribution < 1.29 is 0 Å². The number of aryl methyl sites for hydroxylation is 1. The van der Waals surface area contributed by atoms with E-state index in [4.69, 9.17) is 5.73 Å². The van der Waals surface area contributed by atoms with Crippen molar-refractivity contribution in [3.05, 3.63) is 16.1 Å². The molecular weight excluding hydrogens is 218 g/mol. The van der Waals surface area contributed by atoms with Gasteiger partial charge in [-0.15, -0.1) is 11.3 Å². The molecule has 0 radical (unpaired) electrons. The van der Waals surface area contributed by atoms with Crippen molar-refractivity contribution >= 4 is 11.3 Å². The number of nitrogens with two attached hydrogens (primary N) is 1. The van der Waals surface area contributed by atoms with Gasteiger partial charge in [-0.2, -0.15) is 0 Å². The second-order valence-corrected chi connectivity index (χ2v) is 5.89. The van der Waals surface area contributed by atoms with E-state index in [1.165, 1.54) is 25.0 Å². The van der Waals surface area contributed by atoms with Gasteiger partial charge in [-0.3, -0.25) is 0 Å². The van der Waals surface area contributed by atoms with Gasteiger partial charge >= 0.3 is 0 Å². The monoisotopic (exact) mass is 239 g/mol. The van der Waals surface area contributed by atoms with Crippen LogP contribution in [-0.4, -0.2) is 23.6 Å². The zero-order valence-corrected chi connectivity index (χ0v) is 10.8. The maximum Gasteiger partial charge on any atom is 0.0897 e. The van der Waals surface area contributed by atoms with Crippen molar-refractivity contribution in [2.24, 2.45) is 5.73 Å². The summed E-state index contributed by atoms with van der Waals surface area (Å²) in [4.78, 5) is 4.44. The summed E-state index contributed by atoms with van der Waals surface area (Å²) in [6.45, 7) is 4.11. The van der Waals surface area contributed by atoms with E-state index in [9.17, 15) is 0 Å². The van der Waals surface area contributed by atoms with Gasteiger partial charge < -0.3 is 11.1 Å². The van der Waals surface area contributed by atoms with Crippen LogP contribution in [-0.2, 0) is 6.42 Å². The fraction of sp³-hybridized carbons (Fsp3) is 0.750. The number of hydrogen-bond donors (Lipinski definition) is 2. The third-order valence-electron chi connectivity index (χ3n) is 3.37. The highest BCUT2D eigenvalue weighted by Gasteiger charge is 2.31. The molecule has 0 spiro atoms. The lowest BCUT2D eigenvalue weighted by Crippen LogP contribution is -2.48. The van der Waals surface area contributed by atoms with Crippen molar-refractivity contribution in [1.29, 1.82) is 0 Å². The highest BCUT2D eigenvalue weighted by Crippen LogP contribution is 2.31. The van der Waals surface area contributed by atoms with Crippen LogP contribution in [0.2, 0.25) is 0 Å². The van der Waals surface area contributed by atoms with Crippen LogP contribution in [0.1, 0.15) is 36.4 Å². The molecule has 1 aromatic rings. The first kappa shape index (κ1) is 12.0. The zero-order valence-electron chi connectivity index (χ0n) is 9.96. The van der Waals surface area contributed by atoms with Gasteiger partial charge in [0, 0.05) is 23.9 Å². The molecule has 1 aromatic heterocycles. The molecule has 90 valence electrons. The van der Waals surface area contributed by atoms with Crippen molar-refractivity contribution in [2.45, 2.75) is 44.6 Å². The van der Waals surface area contributed by atoms with E-state index >= 15 is 0 Å². The Kier molecular flexibility index (Phi) is 3.95. The third-order valence-corrected chi connectivity index (χ3v) is 4.20. The largest absolute Gasteiger partial charge is 0.325 e. The summed E-state index contributed by atoms with van der Waals surface area (Å²) in [5.74, 6) is 0. The van der Waals surface area contributed by atoms with Gasteiger partial charge in [0.15, 0.2) is 0 Å². The van der Waals surface area contributed by atoms with Crippen LogP contribution in [0.25, 0.3) is 0 Å². The van der Waals surface area contributed by atoms with Gasteiger partial charge in [0.05, 0.1) is 10.7 Å². The molecule has 0 amide bonds.